The number of carbonyl (C=O) groups excluding carboxylic acids is 1. The fourth-order valence-corrected chi connectivity index (χ4v) is 1.51. The average molecular weight is 257 g/mol. The summed E-state index contributed by atoms with van der Waals surface area (Å²) in [6.07, 6.45) is 0. The van der Waals surface area contributed by atoms with E-state index in [9.17, 15) is 9.59 Å². The molecule has 0 unspecified atom stereocenters. The third kappa shape index (κ3) is 3.79. The normalized spacial score (nSPS) is 9.94. The van der Waals surface area contributed by atoms with Crippen molar-refractivity contribution in [2.45, 2.75) is 6.92 Å². The van der Waals surface area contributed by atoms with Crippen molar-refractivity contribution in [3.05, 3.63) is 22.2 Å². The number of aliphatic imine (C=N–C) groups is 1. The Morgan fingerprint density at radius 1 is 1.65 bits per heavy atom. The summed E-state index contributed by atoms with van der Waals surface area (Å²) in [5.41, 5.74) is 9.57. The van der Waals surface area contributed by atoms with Gasteiger partial charge in [0.1, 0.15) is 5.76 Å². The number of nitrogens with one attached hydrogen (secondary N) is 1. The second-order valence-electron chi connectivity index (χ2n) is 3.00. The molecule has 1 aromatic heterocycles. The van der Waals surface area contributed by atoms with E-state index in [4.69, 9.17) is 21.4 Å². The zero-order chi connectivity index (χ0) is 13.0. The summed E-state index contributed by atoms with van der Waals surface area (Å²) in [7, 11) is 0. The second-order valence-corrected chi connectivity index (χ2v) is 3.97. The van der Waals surface area contributed by atoms with Crippen LogP contribution in [0, 0.1) is 12.3 Å². The van der Waals surface area contributed by atoms with E-state index < -0.39 is 11.5 Å². The Morgan fingerprint density at radius 3 is 2.76 bits per heavy atom. The van der Waals surface area contributed by atoms with Crippen molar-refractivity contribution in [2.24, 2.45) is 16.5 Å². The molecule has 1 heterocycles. The Labute approximate surface area is 100 Å². The lowest BCUT2D eigenvalue weighted by molar-refractivity contribution is 0.0813. The van der Waals surface area contributed by atoms with E-state index >= 15 is 0 Å². The van der Waals surface area contributed by atoms with Crippen molar-refractivity contribution in [1.29, 1.82) is 5.41 Å². The zero-order valence-corrected chi connectivity index (χ0v) is 9.78. The number of nitrogens with two attached hydrogens (primary N) is 2. The van der Waals surface area contributed by atoms with Gasteiger partial charge in [-0.2, -0.15) is 4.99 Å². The molecule has 0 amide bonds. The maximum Gasteiger partial charge on any atom is 0.290 e. The van der Waals surface area contributed by atoms with Crippen LogP contribution in [0.4, 0.5) is 0 Å². The van der Waals surface area contributed by atoms with Gasteiger partial charge in [0, 0.05) is 6.07 Å². The molecule has 1 rings (SSSR count). The van der Waals surface area contributed by atoms with E-state index in [2.05, 4.69) is 4.99 Å². The summed E-state index contributed by atoms with van der Waals surface area (Å²) < 4.78 is 5.51. The lowest BCUT2D eigenvalue weighted by Gasteiger charge is -1.98. The van der Waals surface area contributed by atoms with E-state index in [1.54, 1.807) is 6.92 Å². The zero-order valence-electron chi connectivity index (χ0n) is 8.97. The highest BCUT2D eigenvalue weighted by Crippen LogP contribution is 2.04. The van der Waals surface area contributed by atoms with Crippen molar-refractivity contribution in [2.75, 3.05) is 5.75 Å². The number of aryl methyl sites for hydroxylation is 1. The molecule has 0 saturated carbocycles. The number of rotatable bonds is 2. The molecule has 1 aromatic rings. The van der Waals surface area contributed by atoms with E-state index in [-0.39, 0.29) is 16.9 Å². The molecule has 0 aromatic carbocycles. The van der Waals surface area contributed by atoms with Gasteiger partial charge in [-0.05, 0) is 6.92 Å². The molecule has 5 N–H and O–H groups in total. The van der Waals surface area contributed by atoms with Gasteiger partial charge < -0.3 is 16.0 Å². The summed E-state index contributed by atoms with van der Waals surface area (Å²) in [6, 6.07) is 1.20. The molecule has 17 heavy (non-hydrogen) atoms. The quantitative estimate of drug-likeness (QED) is 0.474. The van der Waals surface area contributed by atoms with Crippen molar-refractivity contribution < 1.29 is 9.32 Å². The standard InChI is InChI=1S/C8H11N5O3S/c1-4-2-5(14)13(16-4)6(15)3-17-8(11)12-7(9)10/h2H,3H2,1H3,(H5,9,10,11,12). The molecule has 0 radical (unpaired) electrons. The number of guanidine groups is 1. The maximum atomic E-state index is 11.5. The van der Waals surface area contributed by atoms with Crippen LogP contribution >= 0.6 is 11.8 Å². The van der Waals surface area contributed by atoms with Crippen LogP contribution in [0.15, 0.2) is 20.4 Å². The molecule has 0 aliphatic heterocycles. The highest BCUT2D eigenvalue weighted by atomic mass is 32.2. The van der Waals surface area contributed by atoms with Crippen LogP contribution in [-0.2, 0) is 0 Å². The predicted molar refractivity (Wildman–Crippen MR) is 64.3 cm³/mol. The van der Waals surface area contributed by atoms with Crippen LogP contribution < -0.4 is 17.0 Å². The number of thioether (sulfide) groups is 1. The first-order valence-corrected chi connectivity index (χ1v) is 5.43. The minimum absolute atomic E-state index is 0.164. The first kappa shape index (κ1) is 13.0. The molecule has 0 saturated heterocycles. The lowest BCUT2D eigenvalue weighted by Crippen LogP contribution is -2.25. The van der Waals surface area contributed by atoms with Gasteiger partial charge in [0.15, 0.2) is 11.1 Å². The van der Waals surface area contributed by atoms with Gasteiger partial charge in [0.05, 0.1) is 5.75 Å². The fraction of sp³-hybridized carbons (Fsp3) is 0.250. The summed E-state index contributed by atoms with van der Waals surface area (Å²) in [5, 5.41) is 7.07. The smallest absolute Gasteiger partial charge is 0.290 e. The molecular weight excluding hydrogens is 246 g/mol. The van der Waals surface area contributed by atoms with Gasteiger partial charge >= 0.3 is 0 Å². The molecule has 0 atom stereocenters. The van der Waals surface area contributed by atoms with E-state index in [0.717, 1.165) is 11.8 Å². The molecule has 0 aliphatic rings. The van der Waals surface area contributed by atoms with Gasteiger partial charge in [0.2, 0.25) is 0 Å². The minimum atomic E-state index is -0.580. The summed E-state index contributed by atoms with van der Waals surface area (Å²) in [6.45, 7) is 1.56. The highest BCUT2D eigenvalue weighted by Gasteiger charge is 2.12. The van der Waals surface area contributed by atoms with Crippen LogP contribution in [0.3, 0.4) is 0 Å². The molecule has 92 valence electrons. The Morgan fingerprint density at radius 2 is 2.29 bits per heavy atom. The Kier molecular flexibility index (Phi) is 4.10. The number of hydrogen-bond acceptors (Lipinski definition) is 5. The third-order valence-corrected chi connectivity index (χ3v) is 2.31. The summed E-state index contributed by atoms with van der Waals surface area (Å²) >= 11 is 0.792. The van der Waals surface area contributed by atoms with E-state index in [0.29, 0.717) is 10.5 Å². The van der Waals surface area contributed by atoms with Gasteiger partial charge in [0.25, 0.3) is 11.5 Å². The highest BCUT2D eigenvalue weighted by molar-refractivity contribution is 8.14. The van der Waals surface area contributed by atoms with Crippen molar-refractivity contribution in [3.8, 4) is 0 Å². The number of hydrogen-bond donors (Lipinski definition) is 3. The molecule has 0 spiro atoms. The molecule has 0 aliphatic carbocycles. The third-order valence-electron chi connectivity index (χ3n) is 1.55. The number of carbonyl (C=O) groups is 1. The van der Waals surface area contributed by atoms with Crippen LogP contribution in [0.5, 0.6) is 0 Å². The molecular formula is C8H11N5O3S. The van der Waals surface area contributed by atoms with Crippen molar-refractivity contribution >= 4 is 28.8 Å². The lowest BCUT2D eigenvalue weighted by atomic mass is 10.5. The van der Waals surface area contributed by atoms with Gasteiger partial charge in [-0.1, -0.05) is 11.8 Å². The van der Waals surface area contributed by atoms with Crippen LogP contribution in [0.2, 0.25) is 0 Å². The van der Waals surface area contributed by atoms with Gasteiger partial charge in [-0.25, -0.2) is 0 Å². The molecule has 0 fully saturated rings. The Hall–Kier alpha value is -2.03. The molecule has 8 nitrogen and oxygen atoms in total. The number of aromatic nitrogens is 1. The van der Waals surface area contributed by atoms with Crippen LogP contribution in [0.1, 0.15) is 10.6 Å². The number of amidine groups is 1. The summed E-state index contributed by atoms with van der Waals surface area (Å²) in [4.78, 5) is 26.2. The van der Waals surface area contributed by atoms with E-state index in [1.807, 2.05) is 0 Å². The van der Waals surface area contributed by atoms with Crippen LogP contribution in [-0.4, -0.2) is 27.5 Å². The first-order valence-electron chi connectivity index (χ1n) is 4.44. The molecule has 9 heteroatoms. The van der Waals surface area contributed by atoms with Crippen molar-refractivity contribution in [3.63, 3.8) is 0 Å². The largest absolute Gasteiger partial charge is 0.373 e. The van der Waals surface area contributed by atoms with Gasteiger partial charge in [-0.3, -0.25) is 15.0 Å². The molecule has 0 bridgehead atoms. The number of nitrogens with zero attached hydrogens (tertiary/aromatic N) is 2. The average Bonchev–Trinajstić information content (AvgIpc) is 2.53. The Balaban J connectivity index is 2.63. The second kappa shape index (κ2) is 5.34. The predicted octanol–water partition coefficient (Wildman–Crippen LogP) is -0.669. The first-order chi connectivity index (χ1) is 7.90. The SMILES string of the molecule is Cc1cc(=O)n(C(=O)CSC(=N)N=C(N)N)o1. The van der Waals surface area contributed by atoms with Crippen molar-refractivity contribution in [1.82, 2.24) is 4.74 Å². The Bertz CT molecular complexity index is 526. The maximum absolute atomic E-state index is 11.5. The van der Waals surface area contributed by atoms with Gasteiger partial charge in [-0.15, -0.1) is 4.74 Å². The van der Waals surface area contributed by atoms with Crippen LogP contribution in [0.25, 0.3) is 0 Å². The summed E-state index contributed by atoms with van der Waals surface area (Å²) in [5.74, 6) is -0.667. The van der Waals surface area contributed by atoms with E-state index in [1.165, 1.54) is 6.07 Å². The minimum Gasteiger partial charge on any atom is -0.373 e. The monoisotopic (exact) mass is 257 g/mol. The fourth-order valence-electron chi connectivity index (χ4n) is 0.960. The topological polar surface area (TPSA) is 140 Å².